The Hall–Kier alpha value is -1.55. The molecule has 1 aromatic rings. The number of nitrogens with one attached hydrogen (secondary N) is 2. The Kier molecular flexibility index (Phi) is 3.55. The molecule has 0 unspecified atom stereocenters. The SMILES string of the molecule is O=C(NC1[C@@H]2[C@H]3CC[C@@H](C3)[C@@H]12)N[C@@H]1CCO[C@H](c2ccccc2)C1. The van der Waals surface area contributed by atoms with Crippen molar-refractivity contribution < 1.29 is 9.53 Å². The molecule has 128 valence electrons. The standard InChI is InChI=1S/C20H26N2O2/c23-20(22-19-17-13-6-7-14(10-13)18(17)19)21-15-8-9-24-16(11-15)12-4-2-1-3-5-12/h1-5,13-19H,6-11H2,(H2,21,22,23)/t13-,14-,15+,16-,17+,18+/m0/s1. The summed E-state index contributed by atoms with van der Waals surface area (Å²) in [6, 6.07) is 11.0. The van der Waals surface area contributed by atoms with E-state index in [0.29, 0.717) is 12.6 Å². The number of hydrogen-bond donors (Lipinski definition) is 2. The molecule has 6 atom stereocenters. The molecule has 1 aromatic carbocycles. The van der Waals surface area contributed by atoms with E-state index in [4.69, 9.17) is 4.74 Å². The Morgan fingerprint density at radius 2 is 1.71 bits per heavy atom. The molecule has 3 aliphatic carbocycles. The maximum atomic E-state index is 12.4. The van der Waals surface area contributed by atoms with Crippen molar-refractivity contribution in [2.45, 2.75) is 50.3 Å². The number of carbonyl (C=O) groups is 1. The third-order valence-electron chi connectivity index (χ3n) is 6.82. The van der Waals surface area contributed by atoms with Gasteiger partial charge in [0.1, 0.15) is 0 Å². The second-order valence-electron chi connectivity index (χ2n) is 8.12. The van der Waals surface area contributed by atoms with Gasteiger partial charge in [0.05, 0.1) is 6.10 Å². The Labute approximate surface area is 143 Å². The lowest BCUT2D eigenvalue weighted by Crippen LogP contribution is -2.46. The van der Waals surface area contributed by atoms with Crippen molar-refractivity contribution in [2.75, 3.05) is 6.61 Å². The maximum absolute atomic E-state index is 12.4. The lowest BCUT2D eigenvalue weighted by atomic mass is 9.97. The second-order valence-corrected chi connectivity index (χ2v) is 8.12. The molecule has 3 saturated carbocycles. The number of carbonyl (C=O) groups excluding carboxylic acids is 1. The molecular formula is C20H26N2O2. The fraction of sp³-hybridized carbons (Fsp3) is 0.650. The van der Waals surface area contributed by atoms with Crippen LogP contribution in [-0.4, -0.2) is 24.7 Å². The van der Waals surface area contributed by atoms with Crippen LogP contribution in [-0.2, 0) is 4.74 Å². The number of hydrogen-bond acceptors (Lipinski definition) is 2. The lowest BCUT2D eigenvalue weighted by molar-refractivity contribution is 0.00224. The van der Waals surface area contributed by atoms with Crippen molar-refractivity contribution in [3.8, 4) is 0 Å². The summed E-state index contributed by atoms with van der Waals surface area (Å²) in [6.07, 6.45) is 6.07. The molecule has 4 aliphatic rings. The van der Waals surface area contributed by atoms with Gasteiger partial charge in [-0.05, 0) is 61.3 Å². The highest BCUT2D eigenvalue weighted by molar-refractivity contribution is 5.75. The van der Waals surface area contributed by atoms with Gasteiger partial charge in [0.2, 0.25) is 0 Å². The van der Waals surface area contributed by atoms with Crippen LogP contribution in [0.2, 0.25) is 0 Å². The lowest BCUT2D eigenvalue weighted by Gasteiger charge is -2.30. The van der Waals surface area contributed by atoms with Crippen LogP contribution >= 0.6 is 0 Å². The highest BCUT2D eigenvalue weighted by Crippen LogP contribution is 2.65. The Bertz CT molecular complexity index is 603. The van der Waals surface area contributed by atoms with Crippen molar-refractivity contribution >= 4 is 6.03 Å². The molecule has 2 bridgehead atoms. The fourth-order valence-corrected chi connectivity index (χ4v) is 5.72. The van der Waals surface area contributed by atoms with Gasteiger partial charge in [-0.25, -0.2) is 4.79 Å². The van der Waals surface area contributed by atoms with Crippen molar-refractivity contribution in [1.29, 1.82) is 0 Å². The fourth-order valence-electron chi connectivity index (χ4n) is 5.72. The average molecular weight is 326 g/mol. The smallest absolute Gasteiger partial charge is 0.315 e. The van der Waals surface area contributed by atoms with Crippen molar-refractivity contribution in [3.05, 3.63) is 35.9 Å². The molecule has 1 heterocycles. The number of benzene rings is 1. The van der Waals surface area contributed by atoms with Gasteiger partial charge in [-0.15, -0.1) is 0 Å². The summed E-state index contributed by atoms with van der Waals surface area (Å²) in [5, 5.41) is 6.47. The van der Waals surface area contributed by atoms with Crippen LogP contribution in [0.15, 0.2) is 30.3 Å². The monoisotopic (exact) mass is 326 g/mol. The molecular weight excluding hydrogens is 300 g/mol. The molecule has 5 rings (SSSR count). The average Bonchev–Trinajstić information content (AvgIpc) is 2.99. The van der Waals surface area contributed by atoms with Gasteiger partial charge in [-0.3, -0.25) is 0 Å². The summed E-state index contributed by atoms with van der Waals surface area (Å²) in [5.74, 6) is 3.38. The van der Waals surface area contributed by atoms with Gasteiger partial charge in [0.15, 0.2) is 0 Å². The third-order valence-corrected chi connectivity index (χ3v) is 6.82. The Morgan fingerprint density at radius 1 is 0.958 bits per heavy atom. The van der Waals surface area contributed by atoms with Crippen LogP contribution in [0.4, 0.5) is 4.79 Å². The van der Waals surface area contributed by atoms with Crippen LogP contribution < -0.4 is 10.6 Å². The third kappa shape index (κ3) is 2.52. The number of urea groups is 1. The molecule has 4 nitrogen and oxygen atoms in total. The predicted octanol–water partition coefficient (Wildman–Crippen LogP) is 3.25. The van der Waals surface area contributed by atoms with E-state index in [1.807, 2.05) is 18.2 Å². The van der Waals surface area contributed by atoms with E-state index in [-0.39, 0.29) is 18.2 Å². The highest BCUT2D eigenvalue weighted by Gasteiger charge is 2.65. The van der Waals surface area contributed by atoms with E-state index in [0.717, 1.165) is 36.5 Å². The van der Waals surface area contributed by atoms with Crippen LogP contribution in [0.25, 0.3) is 0 Å². The molecule has 0 aromatic heterocycles. The first kappa shape index (κ1) is 14.8. The molecule has 24 heavy (non-hydrogen) atoms. The summed E-state index contributed by atoms with van der Waals surface area (Å²) >= 11 is 0. The predicted molar refractivity (Wildman–Crippen MR) is 91.4 cm³/mol. The zero-order valence-electron chi connectivity index (χ0n) is 14.0. The van der Waals surface area contributed by atoms with Crippen LogP contribution in [0.5, 0.6) is 0 Å². The van der Waals surface area contributed by atoms with Crippen LogP contribution in [0.1, 0.15) is 43.8 Å². The molecule has 4 fully saturated rings. The Balaban J connectivity index is 1.14. The van der Waals surface area contributed by atoms with Crippen molar-refractivity contribution in [3.63, 3.8) is 0 Å². The first-order chi connectivity index (χ1) is 11.8. The van der Waals surface area contributed by atoms with E-state index >= 15 is 0 Å². The second kappa shape index (κ2) is 5.76. The van der Waals surface area contributed by atoms with Gasteiger partial charge in [0.25, 0.3) is 0 Å². The summed E-state index contributed by atoms with van der Waals surface area (Å²) in [7, 11) is 0. The minimum absolute atomic E-state index is 0.0347. The zero-order chi connectivity index (χ0) is 16.1. The summed E-state index contributed by atoms with van der Waals surface area (Å²) in [6.45, 7) is 0.712. The molecule has 4 heteroatoms. The van der Waals surface area contributed by atoms with Crippen LogP contribution in [0, 0.1) is 23.7 Å². The van der Waals surface area contributed by atoms with Gasteiger partial charge < -0.3 is 15.4 Å². The number of rotatable bonds is 3. The highest BCUT2D eigenvalue weighted by atomic mass is 16.5. The molecule has 2 amide bonds. The molecule has 0 radical (unpaired) electrons. The normalized spacial score (nSPS) is 42.4. The number of ether oxygens (including phenoxy) is 1. The van der Waals surface area contributed by atoms with Crippen molar-refractivity contribution in [2.24, 2.45) is 23.7 Å². The number of amides is 2. The summed E-state index contributed by atoms with van der Waals surface area (Å²) in [4.78, 5) is 12.4. The first-order valence-corrected chi connectivity index (χ1v) is 9.53. The van der Waals surface area contributed by atoms with Gasteiger partial charge in [0, 0.05) is 18.7 Å². The summed E-state index contributed by atoms with van der Waals surface area (Å²) < 4.78 is 5.89. The topological polar surface area (TPSA) is 50.4 Å². The number of fused-ring (bicyclic) bond motifs is 5. The minimum atomic E-state index is 0.0347. The van der Waals surface area contributed by atoms with Gasteiger partial charge in [-0.2, -0.15) is 0 Å². The van der Waals surface area contributed by atoms with Gasteiger partial charge >= 0.3 is 6.03 Å². The summed E-state index contributed by atoms with van der Waals surface area (Å²) in [5.41, 5.74) is 1.21. The molecule has 2 N–H and O–H groups in total. The Morgan fingerprint density at radius 3 is 2.46 bits per heavy atom. The van der Waals surface area contributed by atoms with Crippen LogP contribution in [0.3, 0.4) is 0 Å². The van der Waals surface area contributed by atoms with Crippen molar-refractivity contribution in [1.82, 2.24) is 10.6 Å². The van der Waals surface area contributed by atoms with Gasteiger partial charge in [-0.1, -0.05) is 30.3 Å². The van der Waals surface area contributed by atoms with E-state index in [9.17, 15) is 4.79 Å². The zero-order valence-corrected chi connectivity index (χ0v) is 14.0. The largest absolute Gasteiger partial charge is 0.373 e. The quantitative estimate of drug-likeness (QED) is 0.896. The maximum Gasteiger partial charge on any atom is 0.315 e. The molecule has 1 saturated heterocycles. The minimum Gasteiger partial charge on any atom is -0.373 e. The molecule has 1 aliphatic heterocycles. The molecule has 0 spiro atoms. The van der Waals surface area contributed by atoms with E-state index in [1.165, 1.54) is 24.8 Å². The van der Waals surface area contributed by atoms with E-state index < -0.39 is 0 Å². The first-order valence-electron chi connectivity index (χ1n) is 9.53. The van der Waals surface area contributed by atoms with E-state index in [1.54, 1.807) is 0 Å². The van der Waals surface area contributed by atoms with E-state index in [2.05, 4.69) is 22.8 Å².